The topological polar surface area (TPSA) is 98.4 Å². The third-order valence-corrected chi connectivity index (χ3v) is 7.44. The molecule has 8 heteroatoms. The van der Waals surface area contributed by atoms with E-state index in [-0.39, 0.29) is 28.3 Å². The third-order valence-electron chi connectivity index (χ3n) is 5.76. The minimum absolute atomic E-state index is 0.0438. The van der Waals surface area contributed by atoms with E-state index in [0.29, 0.717) is 34.0 Å². The van der Waals surface area contributed by atoms with E-state index in [1.54, 1.807) is 30.3 Å². The van der Waals surface area contributed by atoms with E-state index >= 15 is 0 Å². The van der Waals surface area contributed by atoms with Crippen LogP contribution in [0.4, 0.5) is 0 Å². The Morgan fingerprint density at radius 3 is 2.35 bits per heavy atom. The van der Waals surface area contributed by atoms with Gasteiger partial charge in [0, 0.05) is 23.0 Å². The van der Waals surface area contributed by atoms with Crippen LogP contribution in [0.1, 0.15) is 54.0 Å². The fourth-order valence-electron chi connectivity index (χ4n) is 3.98. The molecule has 1 aliphatic heterocycles. The molecule has 0 N–H and O–H groups in total. The highest BCUT2D eigenvalue weighted by atomic mass is 32.2. The Morgan fingerprint density at radius 2 is 1.76 bits per heavy atom. The van der Waals surface area contributed by atoms with E-state index in [9.17, 15) is 18.5 Å². The molecule has 0 radical (unpaired) electrons. The first-order chi connectivity index (χ1) is 16.1. The number of benzene rings is 2. The van der Waals surface area contributed by atoms with E-state index in [1.807, 2.05) is 37.5 Å². The Kier molecular flexibility index (Phi) is 6.07. The molecule has 7 nitrogen and oxygen atoms in total. The van der Waals surface area contributed by atoms with Crippen LogP contribution in [0.15, 0.2) is 58.3 Å². The zero-order chi connectivity index (χ0) is 24.6. The van der Waals surface area contributed by atoms with Crippen LogP contribution in [0.2, 0.25) is 0 Å². The Hall–Kier alpha value is -3.83. The van der Waals surface area contributed by atoms with Gasteiger partial charge in [0.1, 0.15) is 11.0 Å². The number of ether oxygens (including phenoxy) is 2. The van der Waals surface area contributed by atoms with Gasteiger partial charge in [-0.1, -0.05) is 32.0 Å². The van der Waals surface area contributed by atoms with E-state index in [2.05, 4.69) is 0 Å². The molecule has 1 aliphatic rings. The number of nitrogens with zero attached hydrogens (tertiary/aromatic N) is 2. The van der Waals surface area contributed by atoms with Crippen molar-refractivity contribution >= 4 is 21.7 Å². The van der Waals surface area contributed by atoms with Crippen LogP contribution in [0.25, 0.3) is 11.8 Å². The van der Waals surface area contributed by atoms with E-state index in [1.165, 1.54) is 25.1 Å². The van der Waals surface area contributed by atoms with E-state index in [4.69, 9.17) is 9.47 Å². The first kappa shape index (κ1) is 23.3. The van der Waals surface area contributed by atoms with Gasteiger partial charge in [0.25, 0.3) is 0 Å². The number of Topliss-reactive ketones (excluding diaryl/α,β-unsaturated/α-hetero) is 1. The molecule has 0 unspecified atom stereocenters. The molecule has 174 valence electrons. The molecular formula is C26H24N2O5S. The van der Waals surface area contributed by atoms with Crippen molar-refractivity contribution in [2.75, 3.05) is 6.79 Å². The van der Waals surface area contributed by atoms with Crippen LogP contribution in [-0.4, -0.2) is 25.6 Å². The van der Waals surface area contributed by atoms with Crippen molar-refractivity contribution in [2.24, 2.45) is 0 Å². The van der Waals surface area contributed by atoms with Crippen LogP contribution >= 0.6 is 0 Å². The minimum atomic E-state index is -3.98. The summed E-state index contributed by atoms with van der Waals surface area (Å²) in [5.74, 6) is 0.940. The number of nitriles is 1. The summed E-state index contributed by atoms with van der Waals surface area (Å²) in [4.78, 5) is 12.2. The summed E-state index contributed by atoms with van der Waals surface area (Å²) in [5.41, 5.74) is 3.20. The van der Waals surface area contributed by atoms with Crippen LogP contribution in [0.5, 0.6) is 11.5 Å². The summed E-state index contributed by atoms with van der Waals surface area (Å²) in [6.45, 7) is 7.40. The maximum atomic E-state index is 13.1. The van der Waals surface area contributed by atoms with Gasteiger partial charge in [0.2, 0.25) is 16.6 Å². The lowest BCUT2D eigenvalue weighted by molar-refractivity contribution is 0.101. The average molecular weight is 477 g/mol. The lowest BCUT2D eigenvalue weighted by atomic mass is 10.1. The standard InChI is InChI=1S/C26H24N2O5S/c1-16(2)23-11-19(10-21(14-27)34(30,31)20-8-6-5-7-9-20)17(3)28(23)24-13-26-25(32-15-33-26)12-22(24)18(4)29/h5-13,16H,15H2,1-4H3/b21-10+. The number of carbonyl (C=O) groups is 1. The quantitative estimate of drug-likeness (QED) is 0.359. The van der Waals surface area contributed by atoms with Crippen LogP contribution in [0.3, 0.4) is 0 Å². The normalized spacial score (nSPS) is 13.2. The summed E-state index contributed by atoms with van der Waals surface area (Å²) in [6.07, 6.45) is 1.39. The van der Waals surface area contributed by atoms with Crippen molar-refractivity contribution in [1.29, 1.82) is 5.26 Å². The van der Waals surface area contributed by atoms with Gasteiger partial charge in [-0.25, -0.2) is 8.42 Å². The summed E-state index contributed by atoms with van der Waals surface area (Å²) in [5, 5.41) is 9.72. The molecule has 0 saturated carbocycles. The molecule has 0 aliphatic carbocycles. The largest absolute Gasteiger partial charge is 0.454 e. The smallest absolute Gasteiger partial charge is 0.231 e. The van der Waals surface area contributed by atoms with Crippen molar-refractivity contribution < 1.29 is 22.7 Å². The van der Waals surface area contributed by atoms with Crippen LogP contribution in [0, 0.1) is 18.3 Å². The maximum absolute atomic E-state index is 13.1. The molecule has 0 fully saturated rings. The molecule has 0 amide bonds. The van der Waals surface area contributed by atoms with Crippen molar-refractivity contribution in [3.8, 4) is 23.3 Å². The molecule has 34 heavy (non-hydrogen) atoms. The first-order valence-electron chi connectivity index (χ1n) is 10.7. The van der Waals surface area contributed by atoms with Gasteiger partial charge in [0.05, 0.1) is 10.6 Å². The molecule has 0 atom stereocenters. The fourth-order valence-corrected chi connectivity index (χ4v) is 5.15. The monoisotopic (exact) mass is 476 g/mol. The second-order valence-corrected chi connectivity index (χ2v) is 10.2. The average Bonchev–Trinajstić information content (AvgIpc) is 3.40. The van der Waals surface area contributed by atoms with Crippen LogP contribution in [-0.2, 0) is 9.84 Å². The highest BCUT2D eigenvalue weighted by molar-refractivity contribution is 7.95. The predicted octanol–water partition coefficient (Wildman–Crippen LogP) is 5.18. The molecule has 2 aromatic carbocycles. The Bertz CT molecular complexity index is 1460. The highest BCUT2D eigenvalue weighted by Gasteiger charge is 2.26. The number of rotatable bonds is 6. The van der Waals surface area contributed by atoms with E-state index < -0.39 is 9.84 Å². The Balaban J connectivity index is 1.93. The third kappa shape index (κ3) is 3.99. The van der Waals surface area contributed by atoms with Gasteiger partial charge in [-0.2, -0.15) is 5.26 Å². The second-order valence-electron chi connectivity index (χ2n) is 8.32. The number of sulfone groups is 1. The molecule has 2 heterocycles. The predicted molar refractivity (Wildman–Crippen MR) is 128 cm³/mol. The van der Waals surface area contributed by atoms with Crippen molar-refractivity contribution in [2.45, 2.75) is 38.5 Å². The van der Waals surface area contributed by atoms with E-state index in [0.717, 1.165) is 5.69 Å². The number of fused-ring (bicyclic) bond motifs is 1. The number of carbonyl (C=O) groups excluding carboxylic acids is 1. The Labute approximate surface area is 198 Å². The zero-order valence-electron chi connectivity index (χ0n) is 19.3. The second kappa shape index (κ2) is 8.84. The molecule has 0 saturated heterocycles. The molecule has 1 aromatic heterocycles. The molecule has 3 aromatic rings. The molecule has 0 bridgehead atoms. The number of ketones is 1. The van der Waals surface area contributed by atoms with Gasteiger partial charge in [-0.3, -0.25) is 4.79 Å². The number of aromatic nitrogens is 1. The summed E-state index contributed by atoms with van der Waals surface area (Å²) in [6, 6.07) is 15.0. The molecule has 4 rings (SSSR count). The summed E-state index contributed by atoms with van der Waals surface area (Å²) in [7, 11) is -3.98. The van der Waals surface area contributed by atoms with Crippen molar-refractivity contribution in [1.82, 2.24) is 4.57 Å². The molecular weight excluding hydrogens is 452 g/mol. The lowest BCUT2D eigenvalue weighted by Crippen LogP contribution is -2.09. The van der Waals surface area contributed by atoms with Gasteiger partial charge < -0.3 is 14.0 Å². The zero-order valence-corrected chi connectivity index (χ0v) is 20.1. The maximum Gasteiger partial charge on any atom is 0.231 e. The van der Waals surface area contributed by atoms with Gasteiger partial charge in [0.15, 0.2) is 17.3 Å². The Morgan fingerprint density at radius 1 is 1.12 bits per heavy atom. The van der Waals surface area contributed by atoms with Crippen LogP contribution < -0.4 is 9.47 Å². The highest BCUT2D eigenvalue weighted by Crippen LogP contribution is 2.39. The first-order valence-corrected chi connectivity index (χ1v) is 12.2. The minimum Gasteiger partial charge on any atom is -0.454 e. The van der Waals surface area contributed by atoms with Gasteiger partial charge >= 0.3 is 0 Å². The summed E-state index contributed by atoms with van der Waals surface area (Å²) >= 11 is 0. The number of hydrogen-bond acceptors (Lipinski definition) is 6. The SMILES string of the molecule is CC(=O)c1cc2c(cc1-n1c(C(C)C)cc(/C=C(\C#N)S(=O)(=O)c3ccccc3)c1C)OCO2. The van der Waals surface area contributed by atoms with Gasteiger partial charge in [-0.05, 0) is 55.7 Å². The van der Waals surface area contributed by atoms with Gasteiger partial charge in [-0.15, -0.1) is 0 Å². The summed E-state index contributed by atoms with van der Waals surface area (Å²) < 4.78 is 39.0. The van der Waals surface area contributed by atoms with Crippen molar-refractivity contribution in [3.63, 3.8) is 0 Å². The fraction of sp³-hybridized carbons (Fsp3) is 0.231. The molecule has 0 spiro atoms. The number of hydrogen-bond donors (Lipinski definition) is 0. The lowest BCUT2D eigenvalue weighted by Gasteiger charge is -2.17. The number of allylic oxidation sites excluding steroid dienone is 1. The van der Waals surface area contributed by atoms with Crippen molar-refractivity contribution in [3.05, 3.63) is 76.0 Å².